The second-order valence-electron chi connectivity index (χ2n) is 3.89. The van der Waals surface area contributed by atoms with E-state index in [4.69, 9.17) is 5.14 Å². The minimum absolute atomic E-state index is 0.0730. The molecule has 1 aliphatic heterocycles. The molecule has 0 radical (unpaired) electrons. The molecule has 0 saturated carbocycles. The summed E-state index contributed by atoms with van der Waals surface area (Å²) in [5.41, 5.74) is -0.0730. The Bertz CT molecular complexity index is 585. The fourth-order valence-electron chi connectivity index (χ4n) is 1.75. The predicted octanol–water partition coefficient (Wildman–Crippen LogP) is -0.246. The summed E-state index contributed by atoms with van der Waals surface area (Å²) in [4.78, 5) is 15.5. The fraction of sp³-hybridized carbons (Fsp3) is 0.333. The highest BCUT2D eigenvalue weighted by atomic mass is 32.2. The molecule has 1 saturated heterocycles. The first-order valence-corrected chi connectivity index (χ1v) is 6.53. The number of nitrogens with zero attached hydrogens (tertiary/aromatic N) is 2. The number of primary sulfonamides is 1. The number of carbonyl (C=O) groups is 1. The van der Waals surface area contributed by atoms with E-state index in [-0.39, 0.29) is 18.7 Å². The van der Waals surface area contributed by atoms with E-state index in [0.717, 1.165) is 17.0 Å². The number of halogens is 2. The van der Waals surface area contributed by atoms with Crippen LogP contribution in [0.5, 0.6) is 0 Å². The molecule has 1 aliphatic rings. The van der Waals surface area contributed by atoms with Crippen LogP contribution in [0, 0.1) is 11.9 Å². The summed E-state index contributed by atoms with van der Waals surface area (Å²) in [7, 11) is -3.86. The summed E-state index contributed by atoms with van der Waals surface area (Å²) < 4.78 is 48.1. The average molecular weight is 277 g/mol. The Morgan fingerprint density at radius 1 is 1.33 bits per heavy atom. The van der Waals surface area contributed by atoms with Gasteiger partial charge in [0.2, 0.25) is 27.8 Å². The average Bonchev–Trinajstić information content (AvgIpc) is 2.58. The van der Waals surface area contributed by atoms with Gasteiger partial charge < -0.3 is 4.90 Å². The maximum Gasteiger partial charge on any atom is 0.228 e. The number of nitrogens with two attached hydrogens (primary N) is 1. The molecule has 98 valence electrons. The summed E-state index contributed by atoms with van der Waals surface area (Å²) in [5, 5.41) is 3.87. The number of anilines is 1. The molecule has 1 atom stereocenters. The number of hydrogen-bond donors (Lipinski definition) is 1. The first kappa shape index (κ1) is 12.8. The Labute approximate surface area is 101 Å². The van der Waals surface area contributed by atoms with Crippen molar-refractivity contribution in [3.63, 3.8) is 0 Å². The molecule has 1 unspecified atom stereocenters. The van der Waals surface area contributed by atoms with Gasteiger partial charge in [0.05, 0.1) is 5.69 Å². The van der Waals surface area contributed by atoms with Crippen molar-refractivity contribution in [3.8, 4) is 0 Å². The van der Waals surface area contributed by atoms with Crippen molar-refractivity contribution >= 4 is 21.6 Å². The van der Waals surface area contributed by atoms with Crippen LogP contribution in [0.2, 0.25) is 0 Å². The molecule has 1 amide bonds. The van der Waals surface area contributed by atoms with Crippen LogP contribution in [0.4, 0.5) is 14.5 Å². The van der Waals surface area contributed by atoms with E-state index in [0.29, 0.717) is 0 Å². The van der Waals surface area contributed by atoms with Gasteiger partial charge in [-0.25, -0.2) is 13.6 Å². The molecular formula is C9H9F2N3O3S. The van der Waals surface area contributed by atoms with E-state index in [2.05, 4.69) is 4.98 Å². The van der Waals surface area contributed by atoms with Crippen LogP contribution in [-0.4, -0.2) is 31.1 Å². The number of hydrogen-bond acceptors (Lipinski definition) is 4. The Hall–Kier alpha value is -1.61. The molecule has 1 fully saturated rings. The SMILES string of the molecule is NS(=O)(=O)C1CC(=O)N(c2cc(F)nc(F)c2)C1. The van der Waals surface area contributed by atoms with Gasteiger partial charge in [-0.3, -0.25) is 4.79 Å². The Morgan fingerprint density at radius 3 is 2.33 bits per heavy atom. The first-order valence-electron chi connectivity index (χ1n) is 4.92. The molecule has 0 aromatic carbocycles. The third-order valence-corrected chi connectivity index (χ3v) is 3.86. The van der Waals surface area contributed by atoms with Crippen molar-refractivity contribution in [2.24, 2.45) is 5.14 Å². The third-order valence-electron chi connectivity index (χ3n) is 2.61. The molecule has 2 heterocycles. The number of rotatable bonds is 2. The van der Waals surface area contributed by atoms with Gasteiger partial charge >= 0.3 is 0 Å². The number of amides is 1. The predicted molar refractivity (Wildman–Crippen MR) is 58.0 cm³/mol. The molecule has 2 rings (SSSR count). The van der Waals surface area contributed by atoms with Crippen LogP contribution in [0.15, 0.2) is 12.1 Å². The maximum atomic E-state index is 12.9. The van der Waals surface area contributed by atoms with Crippen molar-refractivity contribution in [2.75, 3.05) is 11.4 Å². The van der Waals surface area contributed by atoms with Gasteiger partial charge in [-0.15, -0.1) is 0 Å². The minimum Gasteiger partial charge on any atom is -0.311 e. The number of sulfonamides is 1. The lowest BCUT2D eigenvalue weighted by molar-refractivity contribution is -0.117. The van der Waals surface area contributed by atoms with Gasteiger partial charge in [0.1, 0.15) is 5.25 Å². The summed E-state index contributed by atoms with van der Waals surface area (Å²) in [6.07, 6.45) is -0.301. The molecule has 0 spiro atoms. The molecule has 2 N–H and O–H groups in total. The summed E-state index contributed by atoms with van der Waals surface area (Å²) >= 11 is 0. The van der Waals surface area contributed by atoms with Crippen molar-refractivity contribution < 1.29 is 22.0 Å². The van der Waals surface area contributed by atoms with Crippen molar-refractivity contribution in [1.82, 2.24) is 4.98 Å². The molecular weight excluding hydrogens is 268 g/mol. The van der Waals surface area contributed by atoms with Crippen molar-refractivity contribution in [3.05, 3.63) is 24.0 Å². The maximum absolute atomic E-state index is 12.9. The second kappa shape index (κ2) is 4.25. The number of carbonyl (C=O) groups excluding carboxylic acids is 1. The first-order chi connectivity index (χ1) is 8.27. The number of aromatic nitrogens is 1. The van der Waals surface area contributed by atoms with Gasteiger partial charge in [-0.05, 0) is 0 Å². The van der Waals surface area contributed by atoms with Gasteiger partial charge in [-0.2, -0.15) is 13.8 Å². The van der Waals surface area contributed by atoms with E-state index in [1.807, 2.05) is 0 Å². The minimum atomic E-state index is -3.86. The van der Waals surface area contributed by atoms with Crippen LogP contribution in [-0.2, 0) is 14.8 Å². The van der Waals surface area contributed by atoms with Crippen LogP contribution in [0.1, 0.15) is 6.42 Å². The molecule has 0 aliphatic carbocycles. The summed E-state index contributed by atoms with van der Waals surface area (Å²) in [6.45, 7) is -0.222. The fourth-order valence-corrected chi connectivity index (χ4v) is 2.48. The summed E-state index contributed by atoms with van der Waals surface area (Å²) in [6, 6.07) is 1.71. The van der Waals surface area contributed by atoms with Gasteiger partial charge in [-0.1, -0.05) is 0 Å². The highest BCUT2D eigenvalue weighted by Gasteiger charge is 2.37. The van der Waals surface area contributed by atoms with Crippen LogP contribution < -0.4 is 10.0 Å². The van der Waals surface area contributed by atoms with E-state index >= 15 is 0 Å². The Balaban J connectivity index is 2.32. The van der Waals surface area contributed by atoms with Gasteiger partial charge in [0, 0.05) is 25.1 Å². The Morgan fingerprint density at radius 2 is 1.89 bits per heavy atom. The quantitative estimate of drug-likeness (QED) is 0.754. The molecule has 9 heteroatoms. The zero-order chi connectivity index (χ0) is 13.5. The highest BCUT2D eigenvalue weighted by molar-refractivity contribution is 7.89. The normalized spacial score (nSPS) is 20.5. The molecule has 18 heavy (non-hydrogen) atoms. The smallest absolute Gasteiger partial charge is 0.228 e. The van der Waals surface area contributed by atoms with Gasteiger partial charge in [0.25, 0.3) is 0 Å². The lowest BCUT2D eigenvalue weighted by Crippen LogP contribution is -2.32. The second-order valence-corrected chi connectivity index (χ2v) is 5.74. The van der Waals surface area contributed by atoms with Crippen LogP contribution in [0.3, 0.4) is 0 Å². The van der Waals surface area contributed by atoms with E-state index in [9.17, 15) is 22.0 Å². The largest absolute Gasteiger partial charge is 0.311 e. The lowest BCUT2D eigenvalue weighted by Gasteiger charge is -2.16. The molecule has 1 aromatic rings. The van der Waals surface area contributed by atoms with E-state index in [1.54, 1.807) is 0 Å². The van der Waals surface area contributed by atoms with E-state index in [1.165, 1.54) is 0 Å². The van der Waals surface area contributed by atoms with E-state index < -0.39 is 33.1 Å². The Kier molecular flexibility index (Phi) is 3.03. The topological polar surface area (TPSA) is 93.4 Å². The number of pyridine rings is 1. The molecule has 1 aromatic heterocycles. The highest BCUT2D eigenvalue weighted by Crippen LogP contribution is 2.24. The van der Waals surface area contributed by atoms with Crippen LogP contribution in [0.25, 0.3) is 0 Å². The summed E-state index contributed by atoms with van der Waals surface area (Å²) in [5.74, 6) is -2.73. The third kappa shape index (κ3) is 2.46. The molecule has 0 bridgehead atoms. The van der Waals surface area contributed by atoms with Crippen molar-refractivity contribution in [1.29, 1.82) is 0 Å². The van der Waals surface area contributed by atoms with Crippen LogP contribution >= 0.6 is 0 Å². The lowest BCUT2D eigenvalue weighted by atomic mass is 10.3. The monoisotopic (exact) mass is 277 g/mol. The zero-order valence-corrected chi connectivity index (χ0v) is 9.82. The zero-order valence-electron chi connectivity index (χ0n) is 9.01. The molecule has 6 nitrogen and oxygen atoms in total. The van der Waals surface area contributed by atoms with Gasteiger partial charge in [0.15, 0.2) is 0 Å². The van der Waals surface area contributed by atoms with Crippen molar-refractivity contribution in [2.45, 2.75) is 11.7 Å². The standard InChI is InChI=1S/C9H9F2N3O3S/c10-7-1-5(2-8(11)13-7)14-4-6(3-9(14)15)18(12,16)17/h1-2,6H,3-4H2,(H2,12,16,17).